The highest BCUT2D eigenvalue weighted by Gasteiger charge is 2.11. The zero-order valence-electron chi connectivity index (χ0n) is 8.69. The normalized spacial score (nSPS) is 14.2. The molecule has 14 heavy (non-hydrogen) atoms. The van der Waals surface area contributed by atoms with Crippen molar-refractivity contribution in [1.29, 1.82) is 0 Å². The van der Waals surface area contributed by atoms with Gasteiger partial charge in [0.15, 0.2) is 0 Å². The summed E-state index contributed by atoms with van der Waals surface area (Å²) >= 11 is 0. The van der Waals surface area contributed by atoms with Gasteiger partial charge in [0.1, 0.15) is 0 Å². The summed E-state index contributed by atoms with van der Waals surface area (Å²) in [5.41, 5.74) is 0. The highest BCUT2D eigenvalue weighted by atomic mass is 32.2. The van der Waals surface area contributed by atoms with Crippen LogP contribution in [0.15, 0.2) is 0 Å². The first-order chi connectivity index (χ1) is 6.52. The molecule has 0 radical (unpaired) electrons. The number of hydrogen-bond donors (Lipinski definition) is 2. The van der Waals surface area contributed by atoms with Gasteiger partial charge < -0.3 is 9.84 Å². The van der Waals surface area contributed by atoms with E-state index in [-0.39, 0.29) is 24.7 Å². The fourth-order valence-electron chi connectivity index (χ4n) is 0.939. The van der Waals surface area contributed by atoms with Crippen molar-refractivity contribution in [2.24, 2.45) is 5.92 Å². The molecular weight excluding hydrogens is 206 g/mol. The number of hydrogen-bond acceptors (Lipinski definition) is 4. The summed E-state index contributed by atoms with van der Waals surface area (Å²) in [7, 11) is -1.64. The molecule has 0 aromatic rings. The first kappa shape index (κ1) is 13.8. The van der Waals surface area contributed by atoms with E-state index in [0.717, 1.165) is 0 Å². The van der Waals surface area contributed by atoms with Crippen LogP contribution in [-0.2, 0) is 14.8 Å². The fourth-order valence-corrected chi connectivity index (χ4v) is 2.13. The Morgan fingerprint density at radius 1 is 1.50 bits per heavy atom. The second-order valence-electron chi connectivity index (χ2n) is 3.31. The predicted molar refractivity (Wildman–Crippen MR) is 54.5 cm³/mol. The summed E-state index contributed by atoms with van der Waals surface area (Å²) in [4.78, 5) is 0. The van der Waals surface area contributed by atoms with Crippen molar-refractivity contribution in [1.82, 2.24) is 4.72 Å². The molecule has 0 heterocycles. The Hall–Kier alpha value is -0.170. The Balaban J connectivity index is 3.75. The third kappa shape index (κ3) is 7.25. The van der Waals surface area contributed by atoms with Crippen LogP contribution in [0.1, 0.15) is 13.3 Å². The van der Waals surface area contributed by atoms with Gasteiger partial charge >= 0.3 is 0 Å². The molecule has 0 aliphatic rings. The second-order valence-corrected chi connectivity index (χ2v) is 5.23. The molecule has 6 heteroatoms. The number of aliphatic hydroxyl groups excluding tert-OH is 1. The van der Waals surface area contributed by atoms with Gasteiger partial charge in [-0.2, -0.15) is 0 Å². The minimum atomic E-state index is -3.22. The average Bonchev–Trinajstić information content (AvgIpc) is 2.13. The van der Waals surface area contributed by atoms with Crippen LogP contribution in [0.2, 0.25) is 0 Å². The van der Waals surface area contributed by atoms with E-state index < -0.39 is 10.0 Å². The van der Waals surface area contributed by atoms with Crippen molar-refractivity contribution in [2.45, 2.75) is 13.3 Å². The largest absolute Gasteiger partial charge is 0.396 e. The highest BCUT2D eigenvalue weighted by molar-refractivity contribution is 7.89. The van der Waals surface area contributed by atoms with Gasteiger partial charge in [0, 0.05) is 26.9 Å². The number of methoxy groups -OCH3 is 1. The van der Waals surface area contributed by atoms with Crippen LogP contribution in [0.25, 0.3) is 0 Å². The van der Waals surface area contributed by atoms with Crippen molar-refractivity contribution in [2.75, 3.05) is 32.6 Å². The maximum Gasteiger partial charge on any atom is 0.211 e. The number of sulfonamides is 1. The van der Waals surface area contributed by atoms with E-state index in [9.17, 15) is 8.42 Å². The molecule has 5 nitrogen and oxygen atoms in total. The molecule has 0 aliphatic carbocycles. The average molecular weight is 225 g/mol. The number of nitrogens with one attached hydrogen (secondary N) is 1. The van der Waals surface area contributed by atoms with Gasteiger partial charge in [-0.1, -0.05) is 6.92 Å². The van der Waals surface area contributed by atoms with Gasteiger partial charge in [-0.15, -0.1) is 0 Å². The van der Waals surface area contributed by atoms with Gasteiger partial charge in [-0.3, -0.25) is 0 Å². The zero-order valence-corrected chi connectivity index (χ0v) is 9.51. The highest BCUT2D eigenvalue weighted by Crippen LogP contribution is 1.95. The fraction of sp³-hybridized carbons (Fsp3) is 1.00. The van der Waals surface area contributed by atoms with E-state index in [0.29, 0.717) is 13.2 Å². The number of rotatable bonds is 8. The van der Waals surface area contributed by atoms with Crippen LogP contribution in [0, 0.1) is 5.92 Å². The Labute approximate surface area is 85.5 Å². The van der Waals surface area contributed by atoms with Crippen molar-refractivity contribution in [3.63, 3.8) is 0 Å². The molecule has 0 saturated heterocycles. The molecule has 0 aromatic heterocycles. The monoisotopic (exact) mass is 225 g/mol. The zero-order chi connectivity index (χ0) is 11.0. The van der Waals surface area contributed by atoms with Crippen molar-refractivity contribution in [3.8, 4) is 0 Å². The lowest BCUT2D eigenvalue weighted by Gasteiger charge is -2.11. The van der Waals surface area contributed by atoms with Crippen LogP contribution in [0.4, 0.5) is 0 Å². The van der Waals surface area contributed by atoms with Crippen molar-refractivity contribution < 1.29 is 18.3 Å². The van der Waals surface area contributed by atoms with Gasteiger partial charge in [0.2, 0.25) is 10.0 Å². The van der Waals surface area contributed by atoms with Gasteiger partial charge in [0.05, 0.1) is 5.75 Å². The summed E-state index contributed by atoms with van der Waals surface area (Å²) in [6, 6.07) is 0. The van der Waals surface area contributed by atoms with Gasteiger partial charge in [-0.25, -0.2) is 13.1 Å². The van der Waals surface area contributed by atoms with Gasteiger partial charge in [0.25, 0.3) is 0 Å². The van der Waals surface area contributed by atoms with Crippen LogP contribution in [0.3, 0.4) is 0 Å². The Morgan fingerprint density at radius 2 is 2.14 bits per heavy atom. The quantitative estimate of drug-likeness (QED) is 0.588. The lowest BCUT2D eigenvalue weighted by atomic mass is 10.2. The standard InChI is InChI=1S/C8H19NO4S/c1-8(7-13-2)6-9-14(11,12)5-3-4-10/h8-10H,3-7H2,1-2H3. The molecule has 1 unspecified atom stereocenters. The first-order valence-electron chi connectivity index (χ1n) is 4.59. The van der Waals surface area contributed by atoms with Crippen LogP contribution in [0.5, 0.6) is 0 Å². The molecule has 2 N–H and O–H groups in total. The van der Waals surface area contributed by atoms with E-state index in [1.165, 1.54) is 0 Å². The van der Waals surface area contributed by atoms with E-state index in [2.05, 4.69) is 4.72 Å². The third-order valence-corrected chi connectivity index (χ3v) is 3.11. The van der Waals surface area contributed by atoms with E-state index in [1.807, 2.05) is 6.92 Å². The first-order valence-corrected chi connectivity index (χ1v) is 6.24. The minimum absolute atomic E-state index is 0.0246. The maximum atomic E-state index is 11.2. The topological polar surface area (TPSA) is 75.6 Å². The molecule has 0 aliphatic heterocycles. The summed E-state index contributed by atoms with van der Waals surface area (Å²) in [5.74, 6) is 0.132. The van der Waals surface area contributed by atoms with Crippen molar-refractivity contribution in [3.05, 3.63) is 0 Å². The smallest absolute Gasteiger partial charge is 0.211 e. The molecule has 0 saturated carbocycles. The molecule has 0 rings (SSSR count). The van der Waals surface area contributed by atoms with E-state index in [4.69, 9.17) is 9.84 Å². The van der Waals surface area contributed by atoms with Gasteiger partial charge in [-0.05, 0) is 12.3 Å². The molecule has 0 aromatic carbocycles. The van der Waals surface area contributed by atoms with Crippen LogP contribution in [-0.4, -0.2) is 46.1 Å². The predicted octanol–water partition coefficient (Wildman–Crippen LogP) is -0.429. The van der Waals surface area contributed by atoms with E-state index in [1.54, 1.807) is 7.11 Å². The third-order valence-electron chi connectivity index (χ3n) is 1.67. The molecule has 0 amide bonds. The van der Waals surface area contributed by atoms with Crippen LogP contribution < -0.4 is 4.72 Å². The molecular formula is C8H19NO4S. The van der Waals surface area contributed by atoms with E-state index >= 15 is 0 Å². The SMILES string of the molecule is COCC(C)CNS(=O)(=O)CCCO. The Morgan fingerprint density at radius 3 is 2.64 bits per heavy atom. The summed E-state index contributed by atoms with van der Waals surface area (Å²) in [6.45, 7) is 2.71. The Bertz CT molecular complexity index is 227. The van der Waals surface area contributed by atoms with Crippen LogP contribution >= 0.6 is 0 Å². The molecule has 1 atom stereocenters. The number of ether oxygens (including phenoxy) is 1. The molecule has 0 fully saturated rings. The minimum Gasteiger partial charge on any atom is -0.396 e. The molecule has 86 valence electrons. The Kier molecular flexibility index (Phi) is 7.08. The summed E-state index contributed by atoms with van der Waals surface area (Å²) in [5, 5.41) is 8.48. The van der Waals surface area contributed by atoms with Crippen molar-refractivity contribution >= 4 is 10.0 Å². The number of aliphatic hydroxyl groups is 1. The second kappa shape index (κ2) is 7.17. The summed E-state index contributed by atoms with van der Waals surface area (Å²) in [6.07, 6.45) is 0.272. The molecule has 0 spiro atoms. The lowest BCUT2D eigenvalue weighted by molar-refractivity contribution is 0.161. The molecule has 0 bridgehead atoms. The lowest BCUT2D eigenvalue weighted by Crippen LogP contribution is -2.32. The maximum absolute atomic E-state index is 11.2. The summed E-state index contributed by atoms with van der Waals surface area (Å²) < 4.78 is 29.8.